The molecule has 0 aliphatic rings. The van der Waals surface area contributed by atoms with Gasteiger partial charge in [0.05, 0.1) is 0 Å². The van der Waals surface area contributed by atoms with E-state index < -0.39 is 0 Å². The molecule has 0 bridgehead atoms. The molecule has 11 heavy (non-hydrogen) atoms. The fourth-order valence-electron chi connectivity index (χ4n) is 0.878. The van der Waals surface area contributed by atoms with E-state index in [-0.39, 0.29) is 0 Å². The minimum Gasteiger partial charge on any atom is -0.305 e. The number of pyridine rings is 1. The highest BCUT2D eigenvalue weighted by molar-refractivity contribution is 6.30. The van der Waals surface area contributed by atoms with Gasteiger partial charge in [-0.2, -0.15) is 0 Å². The molecule has 0 aliphatic heterocycles. The summed E-state index contributed by atoms with van der Waals surface area (Å²) in [6, 6.07) is 3.88. The van der Waals surface area contributed by atoms with Gasteiger partial charge in [0.15, 0.2) is 0 Å². The van der Waals surface area contributed by atoms with Gasteiger partial charge in [0, 0.05) is 18.3 Å². The van der Waals surface area contributed by atoms with E-state index in [4.69, 9.17) is 11.6 Å². The SMILES string of the molecule is CN(C)Cc1cccnc1Cl. The Labute approximate surface area is 71.8 Å². The largest absolute Gasteiger partial charge is 0.305 e. The number of aromatic nitrogens is 1. The summed E-state index contributed by atoms with van der Waals surface area (Å²) < 4.78 is 0. The molecule has 0 atom stereocenters. The van der Waals surface area contributed by atoms with Gasteiger partial charge in [0.2, 0.25) is 0 Å². The van der Waals surface area contributed by atoms with Gasteiger partial charge in [-0.15, -0.1) is 0 Å². The molecule has 60 valence electrons. The number of hydrogen-bond donors (Lipinski definition) is 0. The average molecular weight is 171 g/mol. The molecule has 1 aromatic heterocycles. The highest BCUT2D eigenvalue weighted by Crippen LogP contribution is 2.12. The molecular weight excluding hydrogens is 160 g/mol. The van der Waals surface area contributed by atoms with Gasteiger partial charge in [-0.1, -0.05) is 17.7 Å². The summed E-state index contributed by atoms with van der Waals surface area (Å²) >= 11 is 5.83. The van der Waals surface area contributed by atoms with Crippen LogP contribution in [0.15, 0.2) is 18.3 Å². The van der Waals surface area contributed by atoms with Gasteiger partial charge < -0.3 is 4.90 Å². The van der Waals surface area contributed by atoms with Crippen molar-refractivity contribution in [2.24, 2.45) is 0 Å². The summed E-state index contributed by atoms with van der Waals surface area (Å²) in [6.45, 7) is 0.840. The Bertz CT molecular complexity index is 235. The van der Waals surface area contributed by atoms with E-state index in [0.29, 0.717) is 5.15 Å². The lowest BCUT2D eigenvalue weighted by Crippen LogP contribution is -2.11. The maximum Gasteiger partial charge on any atom is 0.133 e. The van der Waals surface area contributed by atoms with Crippen LogP contribution in [0.1, 0.15) is 5.56 Å². The van der Waals surface area contributed by atoms with Crippen molar-refractivity contribution in [3.05, 3.63) is 29.0 Å². The summed E-state index contributed by atoms with van der Waals surface area (Å²) in [5, 5.41) is 0.598. The van der Waals surface area contributed by atoms with E-state index >= 15 is 0 Å². The lowest BCUT2D eigenvalue weighted by atomic mass is 10.3. The highest BCUT2D eigenvalue weighted by Gasteiger charge is 1.99. The lowest BCUT2D eigenvalue weighted by Gasteiger charge is -2.09. The third kappa shape index (κ3) is 2.48. The van der Waals surface area contributed by atoms with E-state index in [0.717, 1.165) is 12.1 Å². The fraction of sp³-hybridized carbons (Fsp3) is 0.375. The molecule has 0 fully saturated rings. The molecule has 0 amide bonds. The molecule has 0 aliphatic carbocycles. The number of hydrogen-bond acceptors (Lipinski definition) is 2. The Morgan fingerprint density at radius 1 is 1.55 bits per heavy atom. The molecule has 0 saturated carbocycles. The van der Waals surface area contributed by atoms with Crippen LogP contribution in [0.5, 0.6) is 0 Å². The van der Waals surface area contributed by atoms with Crippen LogP contribution in [-0.2, 0) is 6.54 Å². The molecule has 0 aromatic carbocycles. The molecule has 1 aromatic rings. The molecule has 1 heterocycles. The highest BCUT2D eigenvalue weighted by atomic mass is 35.5. The lowest BCUT2D eigenvalue weighted by molar-refractivity contribution is 0.402. The first-order valence-electron chi connectivity index (χ1n) is 3.44. The molecule has 0 saturated heterocycles. The smallest absolute Gasteiger partial charge is 0.133 e. The zero-order valence-electron chi connectivity index (χ0n) is 6.71. The molecule has 0 N–H and O–H groups in total. The monoisotopic (exact) mass is 170 g/mol. The Balaban J connectivity index is 2.78. The van der Waals surface area contributed by atoms with Crippen molar-refractivity contribution < 1.29 is 0 Å². The Morgan fingerprint density at radius 2 is 2.27 bits per heavy atom. The maximum absolute atomic E-state index is 5.83. The zero-order valence-corrected chi connectivity index (χ0v) is 7.47. The predicted octanol–water partition coefficient (Wildman–Crippen LogP) is 1.80. The van der Waals surface area contributed by atoms with Gasteiger partial charge >= 0.3 is 0 Å². The molecule has 0 radical (unpaired) electrons. The second kappa shape index (κ2) is 3.69. The molecule has 0 unspecified atom stereocenters. The van der Waals surface area contributed by atoms with Crippen molar-refractivity contribution in [2.45, 2.75) is 6.54 Å². The van der Waals surface area contributed by atoms with Crippen LogP contribution in [0, 0.1) is 0 Å². The van der Waals surface area contributed by atoms with Gasteiger partial charge in [-0.25, -0.2) is 4.98 Å². The van der Waals surface area contributed by atoms with Gasteiger partial charge in [-0.05, 0) is 20.2 Å². The summed E-state index contributed by atoms with van der Waals surface area (Å²) in [7, 11) is 4.01. The van der Waals surface area contributed by atoms with Crippen molar-refractivity contribution in [3.63, 3.8) is 0 Å². The van der Waals surface area contributed by atoms with E-state index in [2.05, 4.69) is 9.88 Å². The Kier molecular flexibility index (Phi) is 2.85. The third-order valence-corrected chi connectivity index (χ3v) is 1.66. The van der Waals surface area contributed by atoms with Gasteiger partial charge in [0.1, 0.15) is 5.15 Å². The van der Waals surface area contributed by atoms with Crippen molar-refractivity contribution in [1.82, 2.24) is 9.88 Å². The first-order chi connectivity index (χ1) is 5.20. The van der Waals surface area contributed by atoms with Crippen LogP contribution >= 0.6 is 11.6 Å². The average Bonchev–Trinajstić information content (AvgIpc) is 1.93. The fourth-order valence-corrected chi connectivity index (χ4v) is 1.06. The van der Waals surface area contributed by atoms with Crippen molar-refractivity contribution in [3.8, 4) is 0 Å². The number of rotatable bonds is 2. The second-order valence-electron chi connectivity index (χ2n) is 2.69. The van der Waals surface area contributed by atoms with Crippen LogP contribution in [0.25, 0.3) is 0 Å². The van der Waals surface area contributed by atoms with Crippen molar-refractivity contribution >= 4 is 11.6 Å². The number of halogens is 1. The van der Waals surface area contributed by atoms with E-state index in [1.807, 2.05) is 26.2 Å². The zero-order chi connectivity index (χ0) is 8.27. The number of nitrogens with zero attached hydrogens (tertiary/aromatic N) is 2. The van der Waals surface area contributed by atoms with E-state index in [9.17, 15) is 0 Å². The summed E-state index contributed by atoms with van der Waals surface area (Å²) in [5.41, 5.74) is 1.07. The predicted molar refractivity (Wildman–Crippen MR) is 46.6 cm³/mol. The molecule has 0 spiro atoms. The first-order valence-corrected chi connectivity index (χ1v) is 3.82. The third-order valence-electron chi connectivity index (χ3n) is 1.32. The van der Waals surface area contributed by atoms with Gasteiger partial charge in [0.25, 0.3) is 0 Å². The quantitative estimate of drug-likeness (QED) is 0.630. The Morgan fingerprint density at radius 3 is 2.82 bits per heavy atom. The standard InChI is InChI=1S/C8H11ClN2/c1-11(2)6-7-4-3-5-10-8(7)9/h3-5H,6H2,1-2H3. The van der Waals surface area contributed by atoms with Crippen LogP contribution in [0.2, 0.25) is 5.15 Å². The minimum absolute atomic E-state index is 0.598. The topological polar surface area (TPSA) is 16.1 Å². The van der Waals surface area contributed by atoms with E-state index in [1.165, 1.54) is 0 Å². The van der Waals surface area contributed by atoms with Crippen molar-refractivity contribution in [2.75, 3.05) is 14.1 Å². The van der Waals surface area contributed by atoms with Crippen LogP contribution in [-0.4, -0.2) is 24.0 Å². The summed E-state index contributed by atoms with van der Waals surface area (Å²) in [6.07, 6.45) is 1.70. The van der Waals surface area contributed by atoms with Crippen molar-refractivity contribution in [1.29, 1.82) is 0 Å². The Hall–Kier alpha value is -0.600. The van der Waals surface area contributed by atoms with Crippen LogP contribution in [0.3, 0.4) is 0 Å². The first kappa shape index (κ1) is 8.50. The second-order valence-corrected chi connectivity index (χ2v) is 3.05. The molecule has 1 rings (SSSR count). The van der Waals surface area contributed by atoms with E-state index in [1.54, 1.807) is 6.20 Å². The van der Waals surface area contributed by atoms with Gasteiger partial charge in [-0.3, -0.25) is 0 Å². The minimum atomic E-state index is 0.598. The summed E-state index contributed by atoms with van der Waals surface area (Å²) in [4.78, 5) is 6.03. The molecule has 3 heteroatoms. The summed E-state index contributed by atoms with van der Waals surface area (Å²) in [5.74, 6) is 0. The van der Waals surface area contributed by atoms with Crippen LogP contribution < -0.4 is 0 Å². The normalized spacial score (nSPS) is 10.5. The maximum atomic E-state index is 5.83. The molecular formula is C8H11ClN2. The molecule has 2 nitrogen and oxygen atoms in total. The van der Waals surface area contributed by atoms with Crippen LogP contribution in [0.4, 0.5) is 0 Å².